The Labute approximate surface area is 202 Å². The summed E-state index contributed by atoms with van der Waals surface area (Å²) in [6, 6.07) is 3.94. The lowest BCUT2D eigenvalue weighted by Gasteiger charge is -2.26. The lowest BCUT2D eigenvalue weighted by Crippen LogP contribution is -2.36. The predicted octanol–water partition coefficient (Wildman–Crippen LogP) is 2.37. The number of allylic oxidation sites excluding steroid dienone is 1. The number of nitrogens with zero attached hydrogens (tertiary/aromatic N) is 4. The standard InChI is InChI=1S/C23H19ClN6O3S/c1-25-21(32)22-14-16(18(31)23(22,33)17(14)22)30-9-26-15-19(27-10-3-2-4-10)28-13(29-20(15)30)8-6-11-5-7-12(24)34-11/h5,7,9-10,14,17,31,33H,2-4H2,1H3,(H,25,32)(H,27,28,29)/t14-,17?,22-,23?/m0/s1. The molecule has 3 aromatic heterocycles. The quantitative estimate of drug-likeness (QED) is 0.410. The van der Waals surface area contributed by atoms with E-state index in [4.69, 9.17) is 11.6 Å². The molecule has 2 bridgehead atoms. The fourth-order valence-corrected chi connectivity index (χ4v) is 6.64. The van der Waals surface area contributed by atoms with E-state index >= 15 is 0 Å². The number of aliphatic hydroxyl groups is 2. The molecule has 2 unspecified atom stereocenters. The van der Waals surface area contributed by atoms with Crippen molar-refractivity contribution in [2.24, 2.45) is 17.3 Å². The Kier molecular flexibility index (Phi) is 3.88. The van der Waals surface area contributed by atoms with Crippen LogP contribution in [0, 0.1) is 29.1 Å². The van der Waals surface area contributed by atoms with Crippen molar-refractivity contribution in [3.05, 3.63) is 39.3 Å². The van der Waals surface area contributed by atoms with Gasteiger partial charge in [0.05, 0.1) is 14.9 Å². The summed E-state index contributed by atoms with van der Waals surface area (Å²) in [7, 11) is 1.54. The zero-order valence-electron chi connectivity index (χ0n) is 18.0. The largest absolute Gasteiger partial charge is 0.507 e. The fourth-order valence-electron chi connectivity index (χ4n) is 5.74. The second kappa shape index (κ2) is 6.50. The van der Waals surface area contributed by atoms with Gasteiger partial charge in [0, 0.05) is 24.9 Å². The van der Waals surface area contributed by atoms with Crippen LogP contribution in [0.1, 0.15) is 30.0 Å². The Bertz CT molecular complexity index is 1510. The first-order valence-corrected chi connectivity index (χ1v) is 12.3. The van der Waals surface area contributed by atoms with Crippen LogP contribution in [0.25, 0.3) is 16.9 Å². The van der Waals surface area contributed by atoms with Crippen LogP contribution in [-0.2, 0) is 4.79 Å². The molecule has 3 heterocycles. The minimum Gasteiger partial charge on any atom is -0.507 e. The van der Waals surface area contributed by atoms with E-state index < -0.39 is 11.0 Å². The third-order valence-corrected chi connectivity index (χ3v) is 8.82. The first-order valence-electron chi connectivity index (χ1n) is 11.1. The molecule has 11 heteroatoms. The van der Waals surface area contributed by atoms with Gasteiger partial charge in [0.25, 0.3) is 0 Å². The van der Waals surface area contributed by atoms with Gasteiger partial charge in [-0.2, -0.15) is 0 Å². The number of carbonyl (C=O) groups is 1. The van der Waals surface area contributed by atoms with Gasteiger partial charge in [-0.05, 0) is 43.2 Å². The zero-order valence-corrected chi connectivity index (χ0v) is 19.5. The average Bonchev–Trinajstić information content (AvgIpc) is 3.31. The van der Waals surface area contributed by atoms with E-state index in [1.165, 1.54) is 18.4 Å². The number of fused-ring (bicyclic) bond motifs is 1. The van der Waals surface area contributed by atoms with Crippen molar-refractivity contribution in [1.29, 1.82) is 0 Å². The summed E-state index contributed by atoms with van der Waals surface area (Å²) in [6.07, 6.45) is 4.83. The zero-order chi connectivity index (χ0) is 23.4. The molecule has 9 nitrogen and oxygen atoms in total. The van der Waals surface area contributed by atoms with Gasteiger partial charge >= 0.3 is 0 Å². The number of amides is 1. The smallest absolute Gasteiger partial charge is 0.230 e. The molecule has 4 atom stereocenters. The molecule has 172 valence electrons. The van der Waals surface area contributed by atoms with E-state index in [2.05, 4.69) is 37.4 Å². The van der Waals surface area contributed by atoms with E-state index in [1.807, 2.05) is 6.07 Å². The van der Waals surface area contributed by atoms with Gasteiger partial charge in [0.15, 0.2) is 17.0 Å². The third kappa shape index (κ3) is 2.29. The molecule has 3 fully saturated rings. The Morgan fingerprint density at radius 3 is 2.79 bits per heavy atom. The number of carbonyl (C=O) groups excluding carboxylic acids is 1. The lowest BCUT2D eigenvalue weighted by molar-refractivity contribution is -0.127. The monoisotopic (exact) mass is 494 g/mol. The maximum atomic E-state index is 12.5. The van der Waals surface area contributed by atoms with Crippen molar-refractivity contribution < 1.29 is 15.0 Å². The Hall–Kier alpha value is -3.13. The number of thiophene rings is 1. The Morgan fingerprint density at radius 2 is 2.15 bits per heavy atom. The molecule has 0 aliphatic heterocycles. The maximum absolute atomic E-state index is 12.5. The highest BCUT2D eigenvalue weighted by molar-refractivity contribution is 7.16. The number of aromatic nitrogens is 4. The van der Waals surface area contributed by atoms with Crippen molar-refractivity contribution in [2.45, 2.75) is 30.9 Å². The molecule has 3 saturated carbocycles. The van der Waals surface area contributed by atoms with Crippen LogP contribution < -0.4 is 10.6 Å². The number of aliphatic hydroxyl groups excluding tert-OH is 1. The van der Waals surface area contributed by atoms with E-state index in [0.29, 0.717) is 38.9 Å². The van der Waals surface area contributed by atoms with Crippen LogP contribution in [-0.4, -0.2) is 54.3 Å². The van der Waals surface area contributed by atoms with E-state index in [-0.39, 0.29) is 23.5 Å². The molecular weight excluding hydrogens is 476 g/mol. The number of halogens is 1. The second-order valence-corrected chi connectivity index (χ2v) is 10.9. The Balaban J connectivity index is 1.34. The van der Waals surface area contributed by atoms with E-state index in [0.717, 1.165) is 24.1 Å². The first kappa shape index (κ1) is 20.3. The first-order chi connectivity index (χ1) is 16.4. The topological polar surface area (TPSA) is 125 Å². The third-order valence-electron chi connectivity index (χ3n) is 7.68. The van der Waals surface area contributed by atoms with Crippen molar-refractivity contribution in [1.82, 2.24) is 24.8 Å². The maximum Gasteiger partial charge on any atom is 0.230 e. The van der Waals surface area contributed by atoms with Gasteiger partial charge in [-0.25, -0.2) is 15.0 Å². The molecule has 0 aromatic carbocycles. The normalized spacial score (nSPS) is 30.4. The fraction of sp³-hybridized carbons (Fsp3) is 0.391. The van der Waals surface area contributed by atoms with Crippen molar-refractivity contribution in [3.8, 4) is 11.8 Å². The number of hydrogen-bond donors (Lipinski definition) is 4. The van der Waals surface area contributed by atoms with E-state index in [1.54, 1.807) is 17.0 Å². The minimum atomic E-state index is -1.51. The molecule has 34 heavy (non-hydrogen) atoms. The van der Waals surface area contributed by atoms with Gasteiger partial charge in [-0.15, -0.1) is 11.3 Å². The number of imidazole rings is 1. The van der Waals surface area contributed by atoms with Crippen LogP contribution >= 0.6 is 22.9 Å². The molecule has 1 amide bonds. The molecule has 0 saturated heterocycles. The summed E-state index contributed by atoms with van der Waals surface area (Å²) in [5.41, 5.74) is -1.01. The average molecular weight is 495 g/mol. The van der Waals surface area contributed by atoms with Gasteiger partial charge in [0.1, 0.15) is 23.1 Å². The summed E-state index contributed by atoms with van der Waals surface area (Å²) in [6.45, 7) is 0. The van der Waals surface area contributed by atoms with Gasteiger partial charge < -0.3 is 20.8 Å². The van der Waals surface area contributed by atoms with Crippen molar-refractivity contribution in [2.75, 3.05) is 12.4 Å². The highest BCUT2D eigenvalue weighted by Crippen LogP contribution is 2.94. The summed E-state index contributed by atoms with van der Waals surface area (Å²) in [4.78, 5) is 27.1. The summed E-state index contributed by atoms with van der Waals surface area (Å²) >= 11 is 7.39. The number of anilines is 1. The molecule has 8 rings (SSSR count). The molecule has 5 aliphatic carbocycles. The van der Waals surface area contributed by atoms with E-state index in [9.17, 15) is 15.0 Å². The Morgan fingerprint density at radius 1 is 1.32 bits per heavy atom. The minimum absolute atomic E-state index is 0.182. The summed E-state index contributed by atoms with van der Waals surface area (Å²) in [5, 5.41) is 27.9. The summed E-state index contributed by atoms with van der Waals surface area (Å²) < 4.78 is 2.32. The second-order valence-electron chi connectivity index (χ2n) is 9.21. The van der Waals surface area contributed by atoms with Gasteiger partial charge in [-0.3, -0.25) is 9.36 Å². The van der Waals surface area contributed by atoms with Crippen LogP contribution in [0.5, 0.6) is 0 Å². The molecule has 3 aromatic rings. The summed E-state index contributed by atoms with van der Waals surface area (Å²) in [5.74, 6) is 5.90. The number of hydrogen-bond acceptors (Lipinski definition) is 8. The van der Waals surface area contributed by atoms with Crippen LogP contribution in [0.2, 0.25) is 4.34 Å². The molecular formula is C23H19ClN6O3S. The molecule has 0 radical (unpaired) electrons. The number of nitrogens with one attached hydrogen (secondary N) is 2. The highest BCUT2D eigenvalue weighted by Gasteiger charge is 3.05. The van der Waals surface area contributed by atoms with Gasteiger partial charge in [0.2, 0.25) is 11.7 Å². The molecule has 0 spiro atoms. The van der Waals surface area contributed by atoms with Crippen molar-refractivity contribution >= 4 is 51.5 Å². The van der Waals surface area contributed by atoms with Crippen LogP contribution in [0.15, 0.2) is 24.2 Å². The SMILES string of the molecule is CNC(=O)[C@@]12C3[C@@H]1C(n1cnc4c(NC5CCC5)nc(C#Cc5ccc(Cl)s5)nc41)=C(O)C32O. The highest BCUT2D eigenvalue weighted by atomic mass is 35.5. The van der Waals surface area contributed by atoms with Gasteiger partial charge in [-0.1, -0.05) is 11.6 Å². The molecule has 5 aliphatic rings. The van der Waals surface area contributed by atoms with Crippen molar-refractivity contribution in [3.63, 3.8) is 0 Å². The number of rotatable bonds is 4. The van der Waals surface area contributed by atoms with Crippen LogP contribution in [0.4, 0.5) is 5.82 Å². The lowest BCUT2D eigenvalue weighted by atomic mass is 9.93. The van der Waals surface area contributed by atoms with Crippen LogP contribution in [0.3, 0.4) is 0 Å². The predicted molar refractivity (Wildman–Crippen MR) is 126 cm³/mol. The molecule has 4 N–H and O–H groups in total.